The zero-order chi connectivity index (χ0) is 17.7. The van der Waals surface area contributed by atoms with E-state index >= 15 is 0 Å². The Morgan fingerprint density at radius 1 is 1.20 bits per heavy atom. The van der Waals surface area contributed by atoms with Gasteiger partial charge in [0.2, 0.25) is 0 Å². The first-order valence-electron chi connectivity index (χ1n) is 9.06. The number of nitrogens with zero attached hydrogens (tertiary/aromatic N) is 2. The first-order valence-corrected chi connectivity index (χ1v) is 9.87. The molecular weight excluding hydrogens is 328 g/mol. The van der Waals surface area contributed by atoms with E-state index < -0.39 is 0 Å². The molecule has 0 spiro atoms. The van der Waals surface area contributed by atoms with Gasteiger partial charge in [-0.15, -0.1) is 11.3 Å². The number of guanidine groups is 1. The van der Waals surface area contributed by atoms with Crippen molar-refractivity contribution in [3.8, 4) is 0 Å². The molecule has 0 unspecified atom stereocenters. The Bertz CT molecular complexity index is 717. The van der Waals surface area contributed by atoms with Crippen LogP contribution in [0.25, 0.3) is 0 Å². The van der Waals surface area contributed by atoms with Crippen LogP contribution in [0, 0.1) is 13.8 Å². The number of rotatable bonds is 6. The lowest BCUT2D eigenvalue weighted by molar-refractivity contribution is 0.244. The van der Waals surface area contributed by atoms with E-state index in [1.807, 2.05) is 7.05 Å². The van der Waals surface area contributed by atoms with Crippen LogP contribution in [-0.4, -0.2) is 31.1 Å². The SMILES string of the molecule is CN=C(NCCc1sc(C)nc1C)NCC1(c2ccccc2)CCC1. The number of nitrogens with one attached hydrogen (secondary N) is 2. The van der Waals surface area contributed by atoms with Crippen molar-refractivity contribution in [3.63, 3.8) is 0 Å². The van der Waals surface area contributed by atoms with Gasteiger partial charge in [-0.1, -0.05) is 36.8 Å². The zero-order valence-electron chi connectivity index (χ0n) is 15.4. The average Bonchev–Trinajstić information content (AvgIpc) is 2.90. The van der Waals surface area contributed by atoms with Crippen LogP contribution in [0.2, 0.25) is 0 Å². The molecule has 2 N–H and O–H groups in total. The van der Waals surface area contributed by atoms with Gasteiger partial charge in [-0.2, -0.15) is 0 Å². The lowest BCUT2D eigenvalue weighted by atomic mass is 9.64. The molecule has 1 fully saturated rings. The second-order valence-electron chi connectivity index (χ2n) is 6.84. The number of aromatic nitrogens is 1. The quantitative estimate of drug-likeness (QED) is 0.614. The summed E-state index contributed by atoms with van der Waals surface area (Å²) in [6, 6.07) is 10.9. The van der Waals surface area contributed by atoms with E-state index in [1.165, 1.54) is 29.7 Å². The van der Waals surface area contributed by atoms with Gasteiger partial charge in [0.25, 0.3) is 0 Å². The van der Waals surface area contributed by atoms with Gasteiger partial charge in [0, 0.05) is 36.9 Å². The topological polar surface area (TPSA) is 49.3 Å². The van der Waals surface area contributed by atoms with Crippen molar-refractivity contribution in [2.24, 2.45) is 4.99 Å². The highest BCUT2D eigenvalue weighted by atomic mass is 32.1. The van der Waals surface area contributed by atoms with Gasteiger partial charge in [0.15, 0.2) is 5.96 Å². The molecule has 0 bridgehead atoms. The van der Waals surface area contributed by atoms with Crippen LogP contribution < -0.4 is 10.6 Å². The number of hydrogen-bond acceptors (Lipinski definition) is 3. The van der Waals surface area contributed by atoms with Gasteiger partial charge in [0.1, 0.15) is 0 Å². The van der Waals surface area contributed by atoms with Gasteiger partial charge >= 0.3 is 0 Å². The van der Waals surface area contributed by atoms with E-state index in [-0.39, 0.29) is 5.41 Å². The fourth-order valence-corrected chi connectivity index (χ4v) is 4.47. The maximum atomic E-state index is 4.49. The van der Waals surface area contributed by atoms with Crippen LogP contribution in [0.3, 0.4) is 0 Å². The molecule has 25 heavy (non-hydrogen) atoms. The van der Waals surface area contributed by atoms with E-state index in [1.54, 1.807) is 11.3 Å². The molecule has 0 atom stereocenters. The van der Waals surface area contributed by atoms with Crippen molar-refractivity contribution in [2.45, 2.75) is 44.9 Å². The van der Waals surface area contributed by atoms with Crippen molar-refractivity contribution in [1.82, 2.24) is 15.6 Å². The number of aliphatic imine (C=N–C) groups is 1. The van der Waals surface area contributed by atoms with Crippen LogP contribution in [0.15, 0.2) is 35.3 Å². The van der Waals surface area contributed by atoms with Gasteiger partial charge in [-0.05, 0) is 32.3 Å². The molecule has 1 aromatic heterocycles. The second-order valence-corrected chi connectivity index (χ2v) is 8.13. The first-order chi connectivity index (χ1) is 12.1. The third-order valence-electron chi connectivity index (χ3n) is 5.16. The third kappa shape index (κ3) is 4.21. The van der Waals surface area contributed by atoms with Crippen molar-refractivity contribution in [3.05, 3.63) is 51.5 Å². The molecule has 5 heteroatoms. The highest BCUT2D eigenvalue weighted by molar-refractivity contribution is 7.11. The minimum atomic E-state index is 0.268. The smallest absolute Gasteiger partial charge is 0.191 e. The van der Waals surface area contributed by atoms with Crippen molar-refractivity contribution in [1.29, 1.82) is 0 Å². The summed E-state index contributed by atoms with van der Waals surface area (Å²) in [4.78, 5) is 10.2. The van der Waals surface area contributed by atoms with E-state index in [2.05, 4.69) is 64.8 Å². The number of hydrogen-bond donors (Lipinski definition) is 2. The lowest BCUT2D eigenvalue weighted by Gasteiger charge is -2.43. The van der Waals surface area contributed by atoms with E-state index in [0.717, 1.165) is 36.2 Å². The predicted octanol–water partition coefficient (Wildman–Crippen LogP) is 3.59. The molecule has 2 aromatic rings. The van der Waals surface area contributed by atoms with E-state index in [0.29, 0.717) is 0 Å². The van der Waals surface area contributed by atoms with Gasteiger partial charge < -0.3 is 10.6 Å². The Labute approximate surface area is 154 Å². The lowest BCUT2D eigenvalue weighted by Crippen LogP contribution is -2.49. The Hall–Kier alpha value is -1.88. The first kappa shape index (κ1) is 17.9. The van der Waals surface area contributed by atoms with Gasteiger partial charge in [-0.25, -0.2) is 4.98 Å². The molecule has 134 valence electrons. The fraction of sp³-hybridized carbons (Fsp3) is 0.500. The van der Waals surface area contributed by atoms with Crippen molar-refractivity contribution < 1.29 is 0 Å². The summed E-state index contributed by atoms with van der Waals surface area (Å²) < 4.78 is 0. The van der Waals surface area contributed by atoms with Gasteiger partial charge in [-0.3, -0.25) is 4.99 Å². The molecule has 1 heterocycles. The molecule has 1 aliphatic rings. The van der Waals surface area contributed by atoms with Crippen molar-refractivity contribution >= 4 is 17.3 Å². The summed E-state index contributed by atoms with van der Waals surface area (Å²) in [5.74, 6) is 0.890. The second kappa shape index (κ2) is 8.00. The predicted molar refractivity (Wildman–Crippen MR) is 107 cm³/mol. The summed E-state index contributed by atoms with van der Waals surface area (Å²) in [5.41, 5.74) is 2.87. The molecule has 0 aliphatic heterocycles. The zero-order valence-corrected chi connectivity index (χ0v) is 16.2. The Balaban J connectivity index is 1.51. The maximum absolute atomic E-state index is 4.49. The monoisotopic (exact) mass is 356 g/mol. The highest BCUT2D eigenvalue weighted by Crippen LogP contribution is 2.43. The average molecular weight is 357 g/mol. The Morgan fingerprint density at radius 2 is 1.96 bits per heavy atom. The number of aryl methyl sites for hydroxylation is 2. The summed E-state index contributed by atoms with van der Waals surface area (Å²) in [6.45, 7) is 5.97. The maximum Gasteiger partial charge on any atom is 0.191 e. The third-order valence-corrected chi connectivity index (χ3v) is 6.29. The molecule has 0 radical (unpaired) electrons. The minimum Gasteiger partial charge on any atom is -0.356 e. The Morgan fingerprint density at radius 3 is 2.52 bits per heavy atom. The van der Waals surface area contributed by atoms with Gasteiger partial charge in [0.05, 0.1) is 10.7 Å². The molecular formula is C20H28N4S. The fourth-order valence-electron chi connectivity index (χ4n) is 3.54. The summed E-state index contributed by atoms with van der Waals surface area (Å²) in [7, 11) is 1.84. The number of thiazole rings is 1. The standard InChI is InChI=1S/C20H28N4S/c1-15-18(25-16(2)24-15)10-13-22-19(21-3)23-14-20(11-7-12-20)17-8-5-4-6-9-17/h4-6,8-9H,7,10-14H2,1-3H3,(H2,21,22,23). The van der Waals surface area contributed by atoms with E-state index in [4.69, 9.17) is 0 Å². The molecule has 1 aliphatic carbocycles. The largest absolute Gasteiger partial charge is 0.356 e. The van der Waals surface area contributed by atoms with E-state index in [9.17, 15) is 0 Å². The Kier molecular flexibility index (Phi) is 5.74. The van der Waals surface area contributed by atoms with Crippen LogP contribution in [0.5, 0.6) is 0 Å². The van der Waals surface area contributed by atoms with Crippen LogP contribution in [0.4, 0.5) is 0 Å². The molecule has 0 saturated heterocycles. The van der Waals surface area contributed by atoms with Crippen LogP contribution >= 0.6 is 11.3 Å². The molecule has 1 aromatic carbocycles. The molecule has 4 nitrogen and oxygen atoms in total. The summed E-state index contributed by atoms with van der Waals surface area (Å²) >= 11 is 1.79. The van der Waals surface area contributed by atoms with Crippen LogP contribution in [-0.2, 0) is 11.8 Å². The molecule has 3 rings (SSSR count). The van der Waals surface area contributed by atoms with Crippen LogP contribution in [0.1, 0.15) is 40.4 Å². The summed E-state index contributed by atoms with van der Waals surface area (Å²) in [6.07, 6.45) is 4.80. The minimum absolute atomic E-state index is 0.268. The molecule has 0 amide bonds. The molecule has 1 saturated carbocycles. The van der Waals surface area contributed by atoms with Crippen molar-refractivity contribution in [2.75, 3.05) is 20.1 Å². The number of benzene rings is 1. The normalized spacial score (nSPS) is 16.4. The summed E-state index contributed by atoms with van der Waals surface area (Å²) in [5, 5.41) is 8.13. The highest BCUT2D eigenvalue weighted by Gasteiger charge is 2.38.